The quantitative estimate of drug-likeness (QED) is 0.811. The van der Waals surface area contributed by atoms with Crippen molar-refractivity contribution >= 4 is 12.4 Å². The second-order valence-electron chi connectivity index (χ2n) is 3.85. The average Bonchev–Trinajstić information content (AvgIpc) is 2.06. The molecule has 1 aliphatic heterocycles. The third-order valence-electron chi connectivity index (χ3n) is 2.77. The lowest BCUT2D eigenvalue weighted by Gasteiger charge is -2.27. The van der Waals surface area contributed by atoms with Crippen LogP contribution in [0.15, 0.2) is 24.3 Å². The molecule has 1 saturated heterocycles. The van der Waals surface area contributed by atoms with Gasteiger partial charge in [-0.2, -0.15) is 0 Å². The van der Waals surface area contributed by atoms with Crippen LogP contribution < -0.4 is 5.32 Å². The molecule has 1 fully saturated rings. The molecule has 0 aromatic heterocycles. The van der Waals surface area contributed by atoms with Crippen LogP contribution in [-0.2, 0) is 6.42 Å². The van der Waals surface area contributed by atoms with Crippen LogP contribution >= 0.6 is 12.4 Å². The van der Waals surface area contributed by atoms with E-state index in [-0.39, 0.29) is 12.4 Å². The maximum Gasteiger partial charge on any atom is 0.00885 e. The van der Waals surface area contributed by atoms with Crippen molar-refractivity contribution in [1.82, 2.24) is 5.32 Å². The first kappa shape index (κ1) is 11.5. The standard InChI is InChI=1S/C12H17N.ClH/c1-2-3-10-4-6-11(7-5-10)12-8-13-9-12;/h4-7,12-13H,2-3,8-9H2,1H3;1H. The second kappa shape index (κ2) is 5.38. The van der Waals surface area contributed by atoms with Crippen molar-refractivity contribution in [1.29, 1.82) is 0 Å². The van der Waals surface area contributed by atoms with E-state index in [4.69, 9.17) is 0 Å². The minimum atomic E-state index is 0. The summed E-state index contributed by atoms with van der Waals surface area (Å²) in [5.41, 5.74) is 2.97. The molecule has 14 heavy (non-hydrogen) atoms. The summed E-state index contributed by atoms with van der Waals surface area (Å²) in [6, 6.07) is 9.13. The van der Waals surface area contributed by atoms with Gasteiger partial charge < -0.3 is 5.32 Å². The van der Waals surface area contributed by atoms with Crippen molar-refractivity contribution in [3.63, 3.8) is 0 Å². The summed E-state index contributed by atoms with van der Waals surface area (Å²) in [4.78, 5) is 0. The fourth-order valence-corrected chi connectivity index (χ4v) is 1.77. The molecule has 0 unspecified atom stereocenters. The lowest BCUT2D eigenvalue weighted by atomic mass is 9.93. The number of halogens is 1. The molecule has 2 rings (SSSR count). The molecule has 0 aliphatic carbocycles. The van der Waals surface area contributed by atoms with Gasteiger partial charge in [0.15, 0.2) is 0 Å². The third kappa shape index (κ3) is 2.49. The summed E-state index contributed by atoms with van der Waals surface area (Å²) < 4.78 is 0. The normalized spacial score (nSPS) is 15.8. The molecule has 0 amide bonds. The van der Waals surface area contributed by atoms with Gasteiger partial charge in [0.25, 0.3) is 0 Å². The molecule has 1 aromatic rings. The van der Waals surface area contributed by atoms with E-state index in [1.54, 1.807) is 0 Å². The molecule has 0 spiro atoms. The predicted octanol–water partition coefficient (Wildman–Crippen LogP) is 2.75. The van der Waals surface area contributed by atoms with Crippen molar-refractivity contribution in [3.8, 4) is 0 Å². The zero-order chi connectivity index (χ0) is 9.10. The number of benzene rings is 1. The second-order valence-corrected chi connectivity index (χ2v) is 3.85. The molecule has 0 saturated carbocycles. The molecule has 1 N–H and O–H groups in total. The van der Waals surface area contributed by atoms with Crippen LogP contribution in [0.1, 0.15) is 30.4 Å². The number of nitrogens with one attached hydrogen (secondary N) is 1. The van der Waals surface area contributed by atoms with Crippen LogP contribution in [-0.4, -0.2) is 13.1 Å². The van der Waals surface area contributed by atoms with Crippen molar-refractivity contribution in [2.45, 2.75) is 25.7 Å². The van der Waals surface area contributed by atoms with Gasteiger partial charge in [0.05, 0.1) is 0 Å². The molecule has 1 heterocycles. The first-order valence-electron chi connectivity index (χ1n) is 5.19. The monoisotopic (exact) mass is 211 g/mol. The van der Waals surface area contributed by atoms with Crippen molar-refractivity contribution in [2.24, 2.45) is 0 Å². The minimum absolute atomic E-state index is 0. The molecule has 1 aliphatic rings. The highest BCUT2D eigenvalue weighted by molar-refractivity contribution is 5.85. The van der Waals surface area contributed by atoms with E-state index in [0.29, 0.717) is 0 Å². The van der Waals surface area contributed by atoms with Crippen LogP contribution in [0.5, 0.6) is 0 Å². The highest BCUT2D eigenvalue weighted by Gasteiger charge is 2.17. The van der Waals surface area contributed by atoms with Gasteiger partial charge in [-0.05, 0) is 17.5 Å². The maximum atomic E-state index is 3.30. The fraction of sp³-hybridized carbons (Fsp3) is 0.500. The number of hydrogen-bond donors (Lipinski definition) is 1. The Morgan fingerprint density at radius 2 is 1.86 bits per heavy atom. The largest absolute Gasteiger partial charge is 0.315 e. The molecular weight excluding hydrogens is 194 g/mol. The molecule has 0 bridgehead atoms. The van der Waals surface area contributed by atoms with Gasteiger partial charge in [0.1, 0.15) is 0 Å². The SMILES string of the molecule is CCCc1ccc(C2CNC2)cc1.Cl. The average molecular weight is 212 g/mol. The van der Waals surface area contributed by atoms with Crippen LogP contribution in [0.3, 0.4) is 0 Å². The van der Waals surface area contributed by atoms with E-state index >= 15 is 0 Å². The lowest BCUT2D eigenvalue weighted by Crippen LogP contribution is -2.39. The Morgan fingerprint density at radius 3 is 2.29 bits per heavy atom. The lowest BCUT2D eigenvalue weighted by molar-refractivity contribution is 0.448. The van der Waals surface area contributed by atoms with E-state index in [9.17, 15) is 0 Å². The zero-order valence-corrected chi connectivity index (χ0v) is 9.44. The van der Waals surface area contributed by atoms with Gasteiger partial charge in [0.2, 0.25) is 0 Å². The fourth-order valence-electron chi connectivity index (χ4n) is 1.77. The van der Waals surface area contributed by atoms with E-state index in [1.165, 1.54) is 24.0 Å². The Balaban J connectivity index is 0.000000980. The van der Waals surface area contributed by atoms with Crippen molar-refractivity contribution in [2.75, 3.05) is 13.1 Å². The smallest absolute Gasteiger partial charge is 0.00885 e. The van der Waals surface area contributed by atoms with Crippen molar-refractivity contribution < 1.29 is 0 Å². The number of rotatable bonds is 3. The summed E-state index contributed by atoms with van der Waals surface area (Å²) in [5.74, 6) is 0.774. The van der Waals surface area contributed by atoms with Crippen molar-refractivity contribution in [3.05, 3.63) is 35.4 Å². The molecule has 0 radical (unpaired) electrons. The molecule has 78 valence electrons. The molecule has 1 aromatic carbocycles. The highest BCUT2D eigenvalue weighted by atomic mass is 35.5. The summed E-state index contributed by atoms with van der Waals surface area (Å²) in [6.07, 6.45) is 2.45. The first-order valence-corrected chi connectivity index (χ1v) is 5.19. The van der Waals surface area contributed by atoms with Crippen LogP contribution in [0, 0.1) is 0 Å². The zero-order valence-electron chi connectivity index (χ0n) is 8.62. The van der Waals surface area contributed by atoms with Gasteiger partial charge in [-0.1, -0.05) is 37.6 Å². The maximum absolute atomic E-state index is 3.30. The summed E-state index contributed by atoms with van der Waals surface area (Å²) in [7, 11) is 0. The first-order chi connectivity index (χ1) is 6.40. The number of hydrogen-bond acceptors (Lipinski definition) is 1. The van der Waals surface area contributed by atoms with Gasteiger partial charge in [-0.3, -0.25) is 0 Å². The van der Waals surface area contributed by atoms with Gasteiger partial charge in [-0.25, -0.2) is 0 Å². The minimum Gasteiger partial charge on any atom is -0.315 e. The Hall–Kier alpha value is -0.530. The highest BCUT2D eigenvalue weighted by Crippen LogP contribution is 2.20. The molecule has 2 heteroatoms. The Kier molecular flexibility index (Phi) is 4.43. The van der Waals surface area contributed by atoms with Crippen LogP contribution in [0.4, 0.5) is 0 Å². The molecule has 0 atom stereocenters. The van der Waals surface area contributed by atoms with E-state index in [2.05, 4.69) is 36.5 Å². The van der Waals surface area contributed by atoms with Gasteiger partial charge >= 0.3 is 0 Å². The number of aryl methyl sites for hydroxylation is 1. The van der Waals surface area contributed by atoms with Crippen LogP contribution in [0.2, 0.25) is 0 Å². The Bertz CT molecular complexity index is 264. The van der Waals surface area contributed by atoms with Gasteiger partial charge in [-0.15, -0.1) is 12.4 Å². The molecular formula is C12H18ClN. The van der Waals surface area contributed by atoms with E-state index in [1.807, 2.05) is 0 Å². The van der Waals surface area contributed by atoms with Gasteiger partial charge in [0, 0.05) is 19.0 Å². The Labute approximate surface area is 92.3 Å². The summed E-state index contributed by atoms with van der Waals surface area (Å²) >= 11 is 0. The predicted molar refractivity (Wildman–Crippen MR) is 63.3 cm³/mol. The topological polar surface area (TPSA) is 12.0 Å². The van der Waals surface area contributed by atoms with Crippen LogP contribution in [0.25, 0.3) is 0 Å². The van der Waals surface area contributed by atoms with E-state index in [0.717, 1.165) is 19.0 Å². The Morgan fingerprint density at radius 1 is 1.21 bits per heavy atom. The summed E-state index contributed by atoms with van der Waals surface area (Å²) in [5, 5.41) is 3.30. The third-order valence-corrected chi connectivity index (χ3v) is 2.77. The summed E-state index contributed by atoms with van der Waals surface area (Å²) in [6.45, 7) is 4.55. The van der Waals surface area contributed by atoms with E-state index < -0.39 is 0 Å². The molecule has 1 nitrogen and oxygen atoms in total.